The van der Waals surface area contributed by atoms with Gasteiger partial charge >= 0.3 is 10.9 Å². The van der Waals surface area contributed by atoms with E-state index in [1.54, 1.807) is 23.2 Å². The summed E-state index contributed by atoms with van der Waals surface area (Å²) in [5, 5.41) is 21.5. The zero-order valence-electron chi connectivity index (χ0n) is 13.1. The second-order valence-corrected chi connectivity index (χ2v) is 5.94. The molecule has 0 spiro atoms. The summed E-state index contributed by atoms with van der Waals surface area (Å²) in [5.41, 5.74) is 0.192. The molecule has 0 aromatic carbocycles. The van der Waals surface area contributed by atoms with Gasteiger partial charge in [0.25, 0.3) is 5.88 Å². The van der Waals surface area contributed by atoms with Crippen molar-refractivity contribution >= 4 is 23.2 Å². The number of halogens is 2. The summed E-state index contributed by atoms with van der Waals surface area (Å²) < 4.78 is 5.46. The zero-order valence-corrected chi connectivity index (χ0v) is 14.6. The SMILES string of the molecule is CC[C@@H]1CO/C(=C(/C=C(\Cl)[N+](=O)[O-])[N+](=O)[O-])N1Cc1ccc(Cl)nc1. The fourth-order valence-electron chi connectivity index (χ4n) is 2.33. The molecule has 2 heterocycles. The molecule has 1 saturated heterocycles. The van der Waals surface area contributed by atoms with Crippen molar-refractivity contribution in [3.63, 3.8) is 0 Å². The topological polar surface area (TPSA) is 112 Å². The number of ether oxygens (including phenoxy) is 1. The van der Waals surface area contributed by atoms with E-state index in [9.17, 15) is 20.2 Å². The van der Waals surface area contributed by atoms with Crippen LogP contribution in [-0.2, 0) is 11.3 Å². The number of rotatable bonds is 6. The van der Waals surface area contributed by atoms with Crippen LogP contribution in [0.15, 0.2) is 41.1 Å². The molecule has 0 unspecified atom stereocenters. The van der Waals surface area contributed by atoms with Crippen LogP contribution in [0.1, 0.15) is 18.9 Å². The molecule has 1 aliphatic heterocycles. The van der Waals surface area contributed by atoms with Crippen LogP contribution in [0.3, 0.4) is 0 Å². The van der Waals surface area contributed by atoms with Gasteiger partial charge in [-0.05, 0) is 29.7 Å². The van der Waals surface area contributed by atoms with Gasteiger partial charge in [0, 0.05) is 12.7 Å². The second kappa shape index (κ2) is 8.13. The molecule has 1 aliphatic rings. The predicted octanol–water partition coefficient (Wildman–Crippen LogP) is 3.15. The van der Waals surface area contributed by atoms with E-state index in [1.807, 2.05) is 6.92 Å². The molecule has 0 aliphatic carbocycles. The van der Waals surface area contributed by atoms with Crippen molar-refractivity contribution in [1.29, 1.82) is 0 Å². The van der Waals surface area contributed by atoms with Crippen molar-refractivity contribution in [1.82, 2.24) is 9.88 Å². The molecule has 1 aromatic rings. The van der Waals surface area contributed by atoms with Crippen molar-refractivity contribution in [2.45, 2.75) is 25.9 Å². The summed E-state index contributed by atoms with van der Waals surface area (Å²) in [6, 6.07) is 3.23. The van der Waals surface area contributed by atoms with Crippen molar-refractivity contribution < 1.29 is 14.6 Å². The molecular weight excluding hydrogens is 375 g/mol. The molecule has 0 N–H and O–H groups in total. The van der Waals surface area contributed by atoms with E-state index in [4.69, 9.17) is 27.9 Å². The van der Waals surface area contributed by atoms with Gasteiger partial charge in [-0.2, -0.15) is 0 Å². The monoisotopic (exact) mass is 388 g/mol. The van der Waals surface area contributed by atoms with Crippen LogP contribution in [0.2, 0.25) is 5.15 Å². The van der Waals surface area contributed by atoms with E-state index in [2.05, 4.69) is 4.98 Å². The summed E-state index contributed by atoms with van der Waals surface area (Å²) in [5.74, 6) is -0.0631. The number of pyridine rings is 1. The smallest absolute Gasteiger partial charge is 0.344 e. The van der Waals surface area contributed by atoms with Crippen LogP contribution in [0.5, 0.6) is 0 Å². The van der Waals surface area contributed by atoms with Crippen LogP contribution in [0.25, 0.3) is 0 Å². The van der Waals surface area contributed by atoms with Gasteiger partial charge in [0.05, 0.1) is 15.9 Å². The highest BCUT2D eigenvalue weighted by molar-refractivity contribution is 6.29. The Bertz CT molecular complexity index is 735. The number of nitro groups is 2. The summed E-state index contributed by atoms with van der Waals surface area (Å²) >= 11 is 11.2. The third-order valence-electron chi connectivity index (χ3n) is 3.57. The molecule has 0 radical (unpaired) electrons. The van der Waals surface area contributed by atoms with Crippen molar-refractivity contribution in [2.75, 3.05) is 6.61 Å². The number of hydrogen-bond acceptors (Lipinski definition) is 7. The number of aromatic nitrogens is 1. The highest BCUT2D eigenvalue weighted by atomic mass is 35.5. The molecule has 9 nitrogen and oxygen atoms in total. The normalized spacial score (nSPS) is 19.6. The zero-order chi connectivity index (χ0) is 18.6. The standard InChI is InChI=1S/C14H14Cl2N4O5/c1-2-10-8-25-14(11(19(21)22)5-13(16)20(23)24)18(10)7-9-3-4-12(15)17-6-9/h3-6,10H,2,7-8H2,1H3/b13-5+,14-11-/t10-/m1/s1. The molecule has 0 amide bonds. The van der Waals surface area contributed by atoms with Gasteiger partial charge < -0.3 is 9.64 Å². The lowest BCUT2D eigenvalue weighted by atomic mass is 10.2. The number of hydrogen-bond donors (Lipinski definition) is 0. The first-order chi connectivity index (χ1) is 11.8. The molecule has 1 aromatic heterocycles. The Kier molecular flexibility index (Phi) is 6.16. The fourth-order valence-corrected chi connectivity index (χ4v) is 2.54. The van der Waals surface area contributed by atoms with E-state index < -0.39 is 20.7 Å². The Morgan fingerprint density at radius 3 is 2.68 bits per heavy atom. The molecule has 1 atom stereocenters. The third kappa shape index (κ3) is 4.58. The van der Waals surface area contributed by atoms with Crippen LogP contribution < -0.4 is 0 Å². The Hall–Kier alpha value is -2.39. The minimum Gasteiger partial charge on any atom is -0.472 e. The van der Waals surface area contributed by atoms with Crippen molar-refractivity contribution in [2.24, 2.45) is 0 Å². The Labute approximate surface area is 152 Å². The quantitative estimate of drug-likeness (QED) is 0.318. The lowest BCUT2D eigenvalue weighted by Crippen LogP contribution is -2.30. The molecule has 11 heteroatoms. The van der Waals surface area contributed by atoms with E-state index in [0.717, 1.165) is 5.56 Å². The maximum Gasteiger partial charge on any atom is 0.344 e. The summed E-state index contributed by atoms with van der Waals surface area (Å²) in [4.78, 5) is 26.0. The average Bonchev–Trinajstić information content (AvgIpc) is 2.96. The number of nitrogens with zero attached hydrogens (tertiary/aromatic N) is 4. The van der Waals surface area contributed by atoms with E-state index in [1.165, 1.54) is 0 Å². The van der Waals surface area contributed by atoms with Gasteiger partial charge in [0.2, 0.25) is 0 Å². The van der Waals surface area contributed by atoms with E-state index >= 15 is 0 Å². The highest BCUT2D eigenvalue weighted by Gasteiger charge is 2.36. The molecular formula is C14H14Cl2N4O5. The first kappa shape index (κ1) is 18.9. The largest absolute Gasteiger partial charge is 0.472 e. The van der Waals surface area contributed by atoms with Crippen LogP contribution >= 0.6 is 23.2 Å². The minimum atomic E-state index is -0.911. The first-order valence-electron chi connectivity index (χ1n) is 7.23. The molecule has 0 bridgehead atoms. The van der Waals surface area contributed by atoms with Gasteiger partial charge in [-0.1, -0.05) is 24.6 Å². The van der Waals surface area contributed by atoms with Crippen LogP contribution in [0, 0.1) is 20.2 Å². The fraction of sp³-hybridized carbons (Fsp3) is 0.357. The molecule has 2 rings (SSSR count). The lowest BCUT2D eigenvalue weighted by molar-refractivity contribution is -0.430. The predicted molar refractivity (Wildman–Crippen MR) is 89.8 cm³/mol. The van der Waals surface area contributed by atoms with Crippen molar-refractivity contribution in [3.05, 3.63) is 72.1 Å². The number of allylic oxidation sites excluding steroid dienone is 1. The molecule has 134 valence electrons. The summed E-state index contributed by atoms with van der Waals surface area (Å²) in [6.07, 6.45) is 2.90. The Balaban J connectivity index is 2.44. The van der Waals surface area contributed by atoms with Gasteiger partial charge in [0.15, 0.2) is 0 Å². The lowest BCUT2D eigenvalue weighted by Gasteiger charge is -2.23. The van der Waals surface area contributed by atoms with Crippen molar-refractivity contribution in [3.8, 4) is 0 Å². The average molecular weight is 389 g/mol. The van der Waals surface area contributed by atoms with Gasteiger partial charge in [0.1, 0.15) is 17.8 Å². The first-order valence-corrected chi connectivity index (χ1v) is 7.99. The molecule has 1 fully saturated rings. The Morgan fingerprint density at radius 1 is 1.44 bits per heavy atom. The summed E-state index contributed by atoms with van der Waals surface area (Å²) in [6.45, 7) is 2.42. The third-order valence-corrected chi connectivity index (χ3v) is 4.04. The maximum atomic E-state index is 11.4. The van der Waals surface area contributed by atoms with Crippen LogP contribution in [0.4, 0.5) is 0 Å². The van der Waals surface area contributed by atoms with Crippen LogP contribution in [-0.4, -0.2) is 32.4 Å². The van der Waals surface area contributed by atoms with E-state index in [-0.39, 0.29) is 25.1 Å². The molecule has 0 saturated carbocycles. The summed E-state index contributed by atoms with van der Waals surface area (Å²) in [7, 11) is 0. The Morgan fingerprint density at radius 2 is 2.16 bits per heavy atom. The van der Waals surface area contributed by atoms with Gasteiger partial charge in [-0.15, -0.1) is 0 Å². The second-order valence-electron chi connectivity index (χ2n) is 5.16. The molecule has 25 heavy (non-hydrogen) atoms. The van der Waals surface area contributed by atoms with E-state index in [0.29, 0.717) is 17.6 Å². The van der Waals surface area contributed by atoms with Gasteiger partial charge in [-0.25, -0.2) is 4.98 Å². The highest BCUT2D eigenvalue weighted by Crippen LogP contribution is 2.29. The minimum absolute atomic E-state index is 0.0631. The maximum absolute atomic E-state index is 11.4. The van der Waals surface area contributed by atoms with Gasteiger partial charge in [-0.3, -0.25) is 20.2 Å².